The number of aromatic nitrogens is 2. The number of benzene rings is 1. The summed E-state index contributed by atoms with van der Waals surface area (Å²) in [5, 5.41) is 2.98. The van der Waals surface area contributed by atoms with Crippen molar-refractivity contribution >= 4 is 23.4 Å². The average Bonchev–Trinajstić information content (AvgIpc) is 3.33. The normalized spacial score (nSPS) is 18.1. The first-order valence-corrected chi connectivity index (χ1v) is 9.77. The second kappa shape index (κ2) is 8.39. The Morgan fingerprint density at radius 2 is 2.19 bits per heavy atom. The van der Waals surface area contributed by atoms with E-state index in [2.05, 4.69) is 10.3 Å². The van der Waals surface area contributed by atoms with Gasteiger partial charge in [0.25, 0.3) is 12.3 Å². The summed E-state index contributed by atoms with van der Waals surface area (Å²) in [4.78, 5) is 28.2. The molecule has 0 spiro atoms. The van der Waals surface area contributed by atoms with Gasteiger partial charge in [0.1, 0.15) is 48.2 Å². The molecule has 170 valence electrons. The second-order valence-electron chi connectivity index (χ2n) is 7.27. The van der Waals surface area contributed by atoms with Crippen molar-refractivity contribution in [3.63, 3.8) is 0 Å². The maximum Gasteiger partial charge on any atom is 0.284 e. The van der Waals surface area contributed by atoms with E-state index in [1.807, 2.05) is 0 Å². The zero-order valence-electron chi connectivity index (χ0n) is 17.3. The Labute approximate surface area is 181 Å². The number of methoxy groups -OCH3 is 1. The topological polar surface area (TPSA) is 121 Å². The molecule has 4 rings (SSSR count). The van der Waals surface area contributed by atoms with Crippen LogP contribution in [0.2, 0.25) is 0 Å². The summed E-state index contributed by atoms with van der Waals surface area (Å²) in [7, 11) is 1.46. The highest BCUT2D eigenvalue weighted by Crippen LogP contribution is 2.43. The van der Waals surface area contributed by atoms with Crippen molar-refractivity contribution in [3.8, 4) is 22.9 Å². The molecule has 3 N–H and O–H groups in total. The first kappa shape index (κ1) is 21.4. The number of hydrogen-bond acceptors (Lipinski definition) is 8. The van der Waals surface area contributed by atoms with E-state index in [1.54, 1.807) is 35.8 Å². The summed E-state index contributed by atoms with van der Waals surface area (Å²) < 4.78 is 45.2. The number of imidazole rings is 1. The summed E-state index contributed by atoms with van der Waals surface area (Å²) in [5.74, 6) is 2.03. The van der Waals surface area contributed by atoms with E-state index < -0.39 is 24.4 Å². The largest absolute Gasteiger partial charge is 0.496 e. The van der Waals surface area contributed by atoms with Gasteiger partial charge in [-0.2, -0.15) is 0 Å². The zero-order valence-corrected chi connectivity index (χ0v) is 17.3. The minimum absolute atomic E-state index is 0.126. The van der Waals surface area contributed by atoms with Crippen molar-refractivity contribution < 1.29 is 32.6 Å². The van der Waals surface area contributed by atoms with Crippen LogP contribution in [0, 0.1) is 0 Å². The van der Waals surface area contributed by atoms with E-state index in [1.165, 1.54) is 7.11 Å². The lowest BCUT2D eigenvalue weighted by molar-refractivity contribution is -0.118. The standard InChI is InChI=1S/C20H21F2N5O5/c1-10(19(23)29)24-11-5-13(30-2)17-14(6-11)31-4-3-26-7-15(25-20(17)26)27-12(18(21)22)9-32-16(27)8-28/h5-7,10,12,18,24H,3-4,9H2,1-2H3,(H2,23,29)/t10-,12-/m0/s1. The van der Waals surface area contributed by atoms with Gasteiger partial charge in [-0.15, -0.1) is 0 Å². The van der Waals surface area contributed by atoms with Gasteiger partial charge in [-0.25, -0.2) is 18.6 Å². The van der Waals surface area contributed by atoms with Crippen LogP contribution in [0.4, 0.5) is 20.3 Å². The van der Waals surface area contributed by atoms with Crippen LogP contribution in [-0.4, -0.2) is 60.2 Å². The highest BCUT2D eigenvalue weighted by molar-refractivity contribution is 5.84. The molecule has 2 aliphatic heterocycles. The summed E-state index contributed by atoms with van der Waals surface area (Å²) in [6.07, 6.45) is -1.20. The van der Waals surface area contributed by atoms with Crippen molar-refractivity contribution in [3.05, 3.63) is 24.2 Å². The third-order valence-electron chi connectivity index (χ3n) is 5.24. The maximum absolute atomic E-state index is 13.5. The maximum atomic E-state index is 13.5. The Balaban J connectivity index is 1.79. The molecule has 0 unspecified atom stereocenters. The molecule has 1 aromatic carbocycles. The molecule has 0 bridgehead atoms. The van der Waals surface area contributed by atoms with Crippen LogP contribution in [0.1, 0.15) is 6.92 Å². The fourth-order valence-corrected chi connectivity index (χ4v) is 3.63. The molecule has 2 aliphatic rings. The Morgan fingerprint density at radius 3 is 2.84 bits per heavy atom. The van der Waals surface area contributed by atoms with Crippen molar-refractivity contribution in [1.82, 2.24) is 9.55 Å². The summed E-state index contributed by atoms with van der Waals surface area (Å²) >= 11 is 0. The number of nitrogens with zero attached hydrogens (tertiary/aromatic N) is 3. The number of nitrogens with one attached hydrogen (secondary N) is 1. The summed E-state index contributed by atoms with van der Waals surface area (Å²) in [6, 6.07) is 1.35. The number of fused-ring (bicyclic) bond motifs is 3. The predicted octanol–water partition coefficient (Wildman–Crippen LogP) is 1.38. The van der Waals surface area contributed by atoms with Crippen LogP contribution in [0.3, 0.4) is 0 Å². The second-order valence-corrected chi connectivity index (χ2v) is 7.27. The minimum atomic E-state index is -2.76. The van der Waals surface area contributed by atoms with Crippen LogP contribution in [0.25, 0.3) is 11.4 Å². The van der Waals surface area contributed by atoms with Gasteiger partial charge in [-0.3, -0.25) is 9.69 Å². The molecule has 0 aliphatic carbocycles. The molecular formula is C20H21F2N5O5. The fraction of sp³-hybridized carbons (Fsp3) is 0.400. The number of carbonyl (C=O) groups is 1. The summed E-state index contributed by atoms with van der Waals surface area (Å²) in [5.41, 5.74) is 6.37. The van der Waals surface area contributed by atoms with E-state index in [4.69, 9.17) is 19.9 Å². The van der Waals surface area contributed by atoms with Crippen molar-refractivity contribution in [2.24, 2.45) is 5.73 Å². The first-order chi connectivity index (χ1) is 15.3. The summed E-state index contributed by atoms with van der Waals surface area (Å²) in [6.45, 7) is 1.91. The van der Waals surface area contributed by atoms with E-state index in [-0.39, 0.29) is 24.9 Å². The van der Waals surface area contributed by atoms with E-state index in [0.717, 1.165) is 4.90 Å². The van der Waals surface area contributed by atoms with Crippen LogP contribution in [0.15, 0.2) is 24.2 Å². The molecule has 1 aromatic heterocycles. The number of carbonyl (C=O) groups excluding carboxylic acids is 2. The van der Waals surface area contributed by atoms with Gasteiger partial charge in [-0.05, 0) is 6.92 Å². The molecule has 1 fully saturated rings. The smallest absolute Gasteiger partial charge is 0.284 e. The highest BCUT2D eigenvalue weighted by atomic mass is 19.3. The van der Waals surface area contributed by atoms with Gasteiger partial charge in [0, 0.05) is 24.0 Å². The quantitative estimate of drug-likeness (QED) is 0.635. The average molecular weight is 449 g/mol. The number of halogens is 2. The number of amides is 1. The number of rotatable bonds is 6. The molecular weight excluding hydrogens is 428 g/mol. The number of ether oxygens (including phenoxy) is 3. The first-order valence-electron chi connectivity index (χ1n) is 9.77. The fourth-order valence-electron chi connectivity index (χ4n) is 3.63. The SMILES string of the molecule is COc1cc(N[C@@H](C)C(N)=O)cc2c1-c1nc(N3C(=C=O)OC[C@H]3C(F)F)cn1CCO2. The Kier molecular flexibility index (Phi) is 5.62. The Hall–Kier alpha value is -3.79. The van der Waals surface area contributed by atoms with E-state index in [9.17, 15) is 18.4 Å². The Morgan fingerprint density at radius 1 is 1.41 bits per heavy atom. The van der Waals surface area contributed by atoms with Crippen molar-refractivity contribution in [2.75, 3.05) is 30.5 Å². The molecule has 10 nitrogen and oxygen atoms in total. The van der Waals surface area contributed by atoms with Gasteiger partial charge < -0.3 is 29.8 Å². The zero-order chi connectivity index (χ0) is 23.0. The van der Waals surface area contributed by atoms with E-state index in [0.29, 0.717) is 35.1 Å². The van der Waals surface area contributed by atoms with Crippen molar-refractivity contribution in [2.45, 2.75) is 32.0 Å². The number of anilines is 2. The monoisotopic (exact) mass is 449 g/mol. The van der Waals surface area contributed by atoms with E-state index >= 15 is 0 Å². The van der Waals surface area contributed by atoms with Gasteiger partial charge in [0.2, 0.25) is 5.91 Å². The molecule has 0 radical (unpaired) electrons. The number of hydrogen-bond donors (Lipinski definition) is 2. The lowest BCUT2D eigenvalue weighted by atomic mass is 10.1. The third-order valence-corrected chi connectivity index (χ3v) is 5.24. The van der Waals surface area contributed by atoms with Gasteiger partial charge >= 0.3 is 0 Å². The third kappa shape index (κ3) is 3.69. The minimum Gasteiger partial charge on any atom is -0.496 e. The molecule has 32 heavy (non-hydrogen) atoms. The molecule has 1 saturated heterocycles. The van der Waals surface area contributed by atoms with Gasteiger partial charge in [0.05, 0.1) is 13.7 Å². The van der Waals surface area contributed by atoms with Gasteiger partial charge in [0.15, 0.2) is 11.8 Å². The molecule has 2 atom stereocenters. The number of nitrogens with two attached hydrogens (primary N) is 1. The molecule has 2 aromatic rings. The van der Waals surface area contributed by atoms with Crippen LogP contribution < -0.4 is 25.4 Å². The van der Waals surface area contributed by atoms with Crippen LogP contribution in [0.5, 0.6) is 11.5 Å². The van der Waals surface area contributed by atoms with Crippen LogP contribution >= 0.6 is 0 Å². The molecule has 1 amide bonds. The van der Waals surface area contributed by atoms with Crippen LogP contribution in [-0.2, 0) is 20.9 Å². The molecule has 12 heteroatoms. The molecule has 3 heterocycles. The molecule has 0 saturated carbocycles. The van der Waals surface area contributed by atoms with Gasteiger partial charge in [-0.1, -0.05) is 0 Å². The Bertz CT molecular complexity index is 1100. The predicted molar refractivity (Wildman–Crippen MR) is 109 cm³/mol. The number of alkyl halides is 2. The lowest BCUT2D eigenvalue weighted by Gasteiger charge is -2.19. The van der Waals surface area contributed by atoms with Crippen molar-refractivity contribution in [1.29, 1.82) is 0 Å². The lowest BCUT2D eigenvalue weighted by Crippen LogP contribution is -2.36. The number of primary amides is 1. The highest BCUT2D eigenvalue weighted by Gasteiger charge is 2.40.